The van der Waals surface area contributed by atoms with Crippen LogP contribution in [0.5, 0.6) is 0 Å². The van der Waals surface area contributed by atoms with Crippen LogP contribution in [0.2, 0.25) is 0 Å². The van der Waals surface area contributed by atoms with E-state index in [4.69, 9.17) is 10.3 Å². The lowest BCUT2D eigenvalue weighted by molar-refractivity contribution is -0.853. The first kappa shape index (κ1) is 16.1. The molecule has 10 nitrogen and oxygen atoms in total. The number of nitrogens with zero attached hydrogens (tertiary/aromatic N) is 4. The molecule has 0 amide bonds. The number of rotatable bonds is 3. The van der Waals surface area contributed by atoms with Gasteiger partial charge < -0.3 is 16.1 Å². The molecule has 0 atom stereocenters. The molecule has 0 saturated heterocycles. The van der Waals surface area contributed by atoms with Crippen LogP contribution in [0.3, 0.4) is 0 Å². The van der Waals surface area contributed by atoms with Gasteiger partial charge in [0.2, 0.25) is 0 Å². The molecule has 112 valence electrons. The fraction of sp³-hybridized carbons (Fsp3) is 0.444. The van der Waals surface area contributed by atoms with Crippen molar-refractivity contribution in [2.75, 3.05) is 23.7 Å². The second-order valence-electron chi connectivity index (χ2n) is 3.93. The average molecular weight is 305 g/mol. The van der Waals surface area contributed by atoms with Gasteiger partial charge in [0, 0.05) is 20.0 Å². The summed E-state index contributed by atoms with van der Waals surface area (Å²) in [5.41, 5.74) is 5.60. The van der Waals surface area contributed by atoms with Crippen LogP contribution in [-0.4, -0.2) is 41.5 Å². The Balaban J connectivity index is 0.00000200. The molecule has 2 rings (SSSR count). The molecule has 1 aromatic rings. The van der Waals surface area contributed by atoms with Crippen molar-refractivity contribution < 1.29 is 27.5 Å². The summed E-state index contributed by atoms with van der Waals surface area (Å²) >= 11 is 0. The number of anilines is 2. The highest BCUT2D eigenvalue weighted by atomic mass is 32.3. The lowest BCUT2D eigenvalue weighted by Gasteiger charge is -2.20. The fourth-order valence-electron chi connectivity index (χ4n) is 1.68. The molecule has 0 spiro atoms. The van der Waals surface area contributed by atoms with E-state index in [0.29, 0.717) is 17.2 Å². The second kappa shape index (κ2) is 5.98. The highest BCUT2D eigenvalue weighted by molar-refractivity contribution is 7.80. The van der Waals surface area contributed by atoms with Gasteiger partial charge in [-0.1, -0.05) is 22.1 Å². The maximum Gasteiger partial charge on any atom is 0.474 e. The SMILES string of the molecule is Cc1nc(N2CC=CCC2)nc(N)[n+]1OS(=O)(=O)O.[OH-]. The van der Waals surface area contributed by atoms with E-state index in [1.807, 2.05) is 11.0 Å². The minimum Gasteiger partial charge on any atom is -0.870 e. The quantitative estimate of drug-likeness (QED) is 0.385. The van der Waals surface area contributed by atoms with Crippen LogP contribution < -0.4 is 19.6 Å². The molecule has 0 aromatic carbocycles. The Labute approximate surface area is 115 Å². The fourth-order valence-corrected chi connectivity index (χ4v) is 2.05. The van der Waals surface area contributed by atoms with Crippen molar-refractivity contribution in [3.63, 3.8) is 0 Å². The van der Waals surface area contributed by atoms with Crippen LogP contribution in [0.15, 0.2) is 12.2 Å². The summed E-state index contributed by atoms with van der Waals surface area (Å²) in [7, 11) is -4.68. The molecule has 0 aliphatic carbocycles. The first-order valence-electron chi connectivity index (χ1n) is 5.50. The van der Waals surface area contributed by atoms with E-state index < -0.39 is 10.4 Å². The predicted octanol–water partition coefficient (Wildman–Crippen LogP) is -1.52. The van der Waals surface area contributed by atoms with Crippen LogP contribution in [-0.2, 0) is 10.4 Å². The summed E-state index contributed by atoms with van der Waals surface area (Å²) in [4.78, 5) is 9.96. The van der Waals surface area contributed by atoms with E-state index in [1.54, 1.807) is 0 Å². The van der Waals surface area contributed by atoms with Crippen molar-refractivity contribution in [3.05, 3.63) is 18.0 Å². The van der Waals surface area contributed by atoms with Gasteiger partial charge in [0.05, 0.1) is 0 Å². The number of aryl methyl sites for hydroxylation is 1. The molecule has 0 bridgehead atoms. The van der Waals surface area contributed by atoms with Gasteiger partial charge in [0.1, 0.15) is 0 Å². The normalized spacial score (nSPS) is 14.8. The van der Waals surface area contributed by atoms with Gasteiger partial charge in [0.25, 0.3) is 5.82 Å². The summed E-state index contributed by atoms with van der Waals surface area (Å²) in [5.74, 6) is 0.332. The average Bonchev–Trinajstić information content (AvgIpc) is 2.33. The van der Waals surface area contributed by atoms with E-state index in [2.05, 4.69) is 20.3 Å². The Kier molecular flexibility index (Phi) is 4.81. The van der Waals surface area contributed by atoms with Crippen molar-refractivity contribution in [1.82, 2.24) is 9.97 Å². The standard InChI is InChI=1S/C9H13N5O4S.H2O/c1-7-11-9(13-5-3-2-4-6-13)12-8(10)14(7)18-19(15,16)17;/h2-3,10H,4-6H2,1H3,(H,15,16,17);1H2. The van der Waals surface area contributed by atoms with Crippen LogP contribution in [0.25, 0.3) is 0 Å². The molecule has 0 unspecified atom stereocenters. The van der Waals surface area contributed by atoms with Crippen LogP contribution in [0.4, 0.5) is 11.9 Å². The zero-order chi connectivity index (χ0) is 14.0. The Hall–Kier alpha value is -1.98. The van der Waals surface area contributed by atoms with Gasteiger partial charge in [-0.3, -0.25) is 4.55 Å². The molecule has 20 heavy (non-hydrogen) atoms. The van der Waals surface area contributed by atoms with Gasteiger partial charge in [-0.05, 0) is 11.2 Å². The number of aromatic nitrogens is 3. The third-order valence-electron chi connectivity index (χ3n) is 2.49. The number of nitrogens with two attached hydrogens (primary N) is 1. The molecule has 2 heterocycles. The monoisotopic (exact) mass is 305 g/mol. The molecule has 0 radical (unpaired) electrons. The Morgan fingerprint density at radius 1 is 1.45 bits per heavy atom. The van der Waals surface area contributed by atoms with Gasteiger partial charge in [0.15, 0.2) is 0 Å². The van der Waals surface area contributed by atoms with Crippen LogP contribution >= 0.6 is 0 Å². The molecule has 1 aliphatic rings. The maximum atomic E-state index is 10.7. The van der Waals surface area contributed by atoms with E-state index in [0.717, 1.165) is 13.0 Å². The summed E-state index contributed by atoms with van der Waals surface area (Å²) in [5, 5.41) is 0. The first-order chi connectivity index (χ1) is 8.87. The number of hydrogen-bond donors (Lipinski definition) is 2. The zero-order valence-corrected chi connectivity index (χ0v) is 11.5. The first-order valence-corrected chi connectivity index (χ1v) is 6.87. The van der Waals surface area contributed by atoms with Crippen molar-refractivity contribution in [2.24, 2.45) is 0 Å². The maximum absolute atomic E-state index is 10.7. The van der Waals surface area contributed by atoms with Crippen LogP contribution in [0, 0.1) is 6.92 Å². The molecule has 1 aliphatic heterocycles. The lowest BCUT2D eigenvalue weighted by atomic mass is 10.3. The van der Waals surface area contributed by atoms with E-state index in [-0.39, 0.29) is 17.2 Å². The molecular weight excluding hydrogens is 290 g/mol. The van der Waals surface area contributed by atoms with Crippen molar-refractivity contribution >= 4 is 22.3 Å². The van der Waals surface area contributed by atoms with E-state index in [1.165, 1.54) is 6.92 Å². The Morgan fingerprint density at radius 3 is 2.65 bits per heavy atom. The van der Waals surface area contributed by atoms with Gasteiger partial charge in [-0.25, -0.2) is 4.28 Å². The smallest absolute Gasteiger partial charge is 0.474 e. The summed E-state index contributed by atoms with van der Waals surface area (Å²) < 4.78 is 34.9. The summed E-state index contributed by atoms with van der Waals surface area (Å²) in [6, 6.07) is 0. The van der Waals surface area contributed by atoms with Crippen LogP contribution in [0.1, 0.15) is 12.2 Å². The summed E-state index contributed by atoms with van der Waals surface area (Å²) in [6.07, 6.45) is 4.91. The van der Waals surface area contributed by atoms with Gasteiger partial charge >= 0.3 is 22.3 Å². The molecule has 4 N–H and O–H groups in total. The predicted molar refractivity (Wildman–Crippen MR) is 67.4 cm³/mol. The minimum absolute atomic E-state index is 0. The highest BCUT2D eigenvalue weighted by Gasteiger charge is 2.24. The van der Waals surface area contributed by atoms with Crippen molar-refractivity contribution in [3.8, 4) is 0 Å². The summed E-state index contributed by atoms with van der Waals surface area (Å²) in [6.45, 7) is 2.90. The Morgan fingerprint density at radius 2 is 2.15 bits per heavy atom. The topological polar surface area (TPSA) is 153 Å². The third-order valence-corrected chi connectivity index (χ3v) is 2.83. The largest absolute Gasteiger partial charge is 0.870 e. The van der Waals surface area contributed by atoms with Crippen molar-refractivity contribution in [2.45, 2.75) is 13.3 Å². The molecule has 11 heteroatoms. The Bertz CT molecular complexity index is 594. The third kappa shape index (κ3) is 3.76. The number of hydrogen-bond acceptors (Lipinski definition) is 8. The van der Waals surface area contributed by atoms with Gasteiger partial charge in [-0.2, -0.15) is 8.42 Å². The minimum atomic E-state index is -4.68. The van der Waals surface area contributed by atoms with Gasteiger partial charge in [-0.15, -0.1) is 0 Å². The molecule has 0 saturated carbocycles. The zero-order valence-electron chi connectivity index (χ0n) is 10.7. The second-order valence-corrected chi connectivity index (χ2v) is 4.94. The van der Waals surface area contributed by atoms with E-state index >= 15 is 0 Å². The molecule has 0 fully saturated rings. The van der Waals surface area contributed by atoms with E-state index in [9.17, 15) is 8.42 Å². The lowest BCUT2D eigenvalue weighted by Crippen LogP contribution is -2.52. The molecular formula is C9H15N5O5S. The molecule has 1 aromatic heterocycles. The van der Waals surface area contributed by atoms with Crippen molar-refractivity contribution in [1.29, 1.82) is 0 Å². The number of nitrogen functional groups attached to an aromatic ring is 1. The highest BCUT2D eigenvalue weighted by Crippen LogP contribution is 2.11.